The van der Waals surface area contributed by atoms with Crippen LogP contribution in [0.3, 0.4) is 0 Å². The van der Waals surface area contributed by atoms with Gasteiger partial charge in [-0.3, -0.25) is 9.80 Å². The summed E-state index contributed by atoms with van der Waals surface area (Å²) in [7, 11) is 1.85. The molecule has 1 heterocycles. The summed E-state index contributed by atoms with van der Waals surface area (Å²) in [6.45, 7) is 1.04. The summed E-state index contributed by atoms with van der Waals surface area (Å²) in [5.74, 6) is -2.66. The molecule has 238 valence electrons. The van der Waals surface area contributed by atoms with Gasteiger partial charge in [-0.25, -0.2) is 9.59 Å². The molecule has 2 amide bonds. The number of hydrogen-bond acceptors (Lipinski definition) is 5. The van der Waals surface area contributed by atoms with Gasteiger partial charge in [0.05, 0.1) is 48.7 Å². The van der Waals surface area contributed by atoms with E-state index in [1.807, 2.05) is 0 Å². The van der Waals surface area contributed by atoms with Crippen LogP contribution < -0.4 is 4.90 Å². The van der Waals surface area contributed by atoms with Gasteiger partial charge in [-0.05, 0) is 49.2 Å². The predicted octanol–water partition coefficient (Wildman–Crippen LogP) is 7.59. The molecule has 3 atom stereocenters. The second-order valence-electron chi connectivity index (χ2n) is 9.91. The SMILES string of the molecule is COC[C@@H]1C(C(F)(F)F)[C@H](N(Cc2cc(C(F)(F)F)cc(C(F)(F)F)c2)C(=O)OC)c2ccccc2N1C(=O)OC(C)C. The minimum Gasteiger partial charge on any atom is -0.453 e. The van der Waals surface area contributed by atoms with Gasteiger partial charge in [-0.1, -0.05) is 18.2 Å². The number of nitrogens with zero attached hydrogens (tertiary/aromatic N) is 2. The number of amides is 2. The zero-order valence-corrected chi connectivity index (χ0v) is 23.1. The van der Waals surface area contributed by atoms with Crippen LogP contribution in [0, 0.1) is 5.92 Å². The van der Waals surface area contributed by atoms with Crippen LogP contribution in [-0.4, -0.2) is 56.2 Å². The van der Waals surface area contributed by atoms with E-state index in [-0.39, 0.29) is 17.3 Å². The zero-order valence-electron chi connectivity index (χ0n) is 23.1. The number of para-hydroxylation sites is 1. The first-order valence-electron chi connectivity index (χ1n) is 12.6. The fourth-order valence-electron chi connectivity index (χ4n) is 5.00. The molecule has 16 heteroatoms. The van der Waals surface area contributed by atoms with Gasteiger partial charge < -0.3 is 14.2 Å². The van der Waals surface area contributed by atoms with Crippen LogP contribution in [0.2, 0.25) is 0 Å². The molecule has 0 radical (unpaired) electrons. The van der Waals surface area contributed by atoms with Crippen molar-refractivity contribution in [2.45, 2.75) is 57.1 Å². The van der Waals surface area contributed by atoms with Crippen molar-refractivity contribution < 1.29 is 63.3 Å². The molecular weight excluding hydrogens is 603 g/mol. The molecule has 0 bridgehead atoms. The van der Waals surface area contributed by atoms with E-state index in [0.29, 0.717) is 17.0 Å². The lowest BCUT2D eigenvalue weighted by Crippen LogP contribution is -2.60. The van der Waals surface area contributed by atoms with E-state index >= 15 is 0 Å². The molecule has 2 aromatic rings. The molecule has 1 aliphatic rings. The Morgan fingerprint density at radius 1 is 0.907 bits per heavy atom. The number of anilines is 1. The molecule has 1 unspecified atom stereocenters. The highest BCUT2D eigenvalue weighted by atomic mass is 19.4. The third kappa shape index (κ3) is 7.46. The fraction of sp³-hybridized carbons (Fsp3) is 0.481. The van der Waals surface area contributed by atoms with Gasteiger partial charge in [0.25, 0.3) is 0 Å². The smallest absolute Gasteiger partial charge is 0.416 e. The lowest BCUT2D eigenvalue weighted by atomic mass is 9.79. The van der Waals surface area contributed by atoms with E-state index in [0.717, 1.165) is 25.2 Å². The molecule has 2 aromatic carbocycles. The van der Waals surface area contributed by atoms with Crippen molar-refractivity contribution in [1.82, 2.24) is 4.90 Å². The standard InChI is InChI=1S/C27H27F9N2O5/c1-14(2)43-24(40)38-19-8-6-5-7-18(19)22(21(27(34,35)36)20(38)13-41-3)37(23(39)42-4)12-15-9-16(25(28,29)30)11-17(10-15)26(31,32)33/h5-11,14,20-22H,12-13H2,1-4H3/t20-,21?,22-/m1/s1. The zero-order chi connectivity index (χ0) is 32.5. The molecule has 0 spiro atoms. The molecule has 0 fully saturated rings. The molecule has 0 aliphatic carbocycles. The van der Waals surface area contributed by atoms with Crippen LogP contribution in [-0.2, 0) is 33.1 Å². The molecule has 0 saturated carbocycles. The highest BCUT2D eigenvalue weighted by molar-refractivity contribution is 5.91. The molecule has 0 aromatic heterocycles. The number of halogens is 9. The van der Waals surface area contributed by atoms with Crippen molar-refractivity contribution in [2.75, 3.05) is 25.7 Å². The lowest BCUT2D eigenvalue weighted by molar-refractivity contribution is -0.202. The molecule has 1 aliphatic heterocycles. The Morgan fingerprint density at radius 3 is 1.93 bits per heavy atom. The van der Waals surface area contributed by atoms with Crippen molar-refractivity contribution in [1.29, 1.82) is 0 Å². The molecule has 3 rings (SSSR count). The summed E-state index contributed by atoms with van der Waals surface area (Å²) in [6.07, 6.45) is -19.1. The Balaban J connectivity index is 2.31. The quantitative estimate of drug-likeness (QED) is 0.308. The summed E-state index contributed by atoms with van der Waals surface area (Å²) in [6, 6.07) is 1.60. The van der Waals surface area contributed by atoms with Crippen LogP contribution in [0.25, 0.3) is 0 Å². The van der Waals surface area contributed by atoms with Gasteiger partial charge in [0, 0.05) is 13.7 Å². The second-order valence-corrected chi connectivity index (χ2v) is 9.91. The number of rotatable bonds is 6. The molecule has 43 heavy (non-hydrogen) atoms. The molecule has 0 saturated heterocycles. The van der Waals surface area contributed by atoms with Crippen LogP contribution in [0.15, 0.2) is 42.5 Å². The number of fused-ring (bicyclic) bond motifs is 1. The van der Waals surface area contributed by atoms with Crippen LogP contribution in [0.1, 0.15) is 42.1 Å². The monoisotopic (exact) mass is 630 g/mol. The van der Waals surface area contributed by atoms with Crippen molar-refractivity contribution in [3.05, 3.63) is 64.7 Å². The summed E-state index contributed by atoms with van der Waals surface area (Å²) >= 11 is 0. The Hall–Kier alpha value is -3.69. The Kier molecular flexibility index (Phi) is 9.83. The highest BCUT2D eigenvalue weighted by Crippen LogP contribution is 2.51. The maximum absolute atomic E-state index is 15.0. The fourth-order valence-corrected chi connectivity index (χ4v) is 5.00. The normalized spacial score (nSPS) is 19.2. The van der Waals surface area contributed by atoms with E-state index in [1.165, 1.54) is 32.0 Å². The first-order valence-corrected chi connectivity index (χ1v) is 12.6. The van der Waals surface area contributed by atoms with Gasteiger partial charge in [-0.15, -0.1) is 0 Å². The molecule has 7 nitrogen and oxygen atoms in total. The van der Waals surface area contributed by atoms with Gasteiger partial charge >= 0.3 is 30.7 Å². The third-order valence-electron chi connectivity index (χ3n) is 6.60. The Bertz CT molecular complexity index is 1280. The second kappa shape index (κ2) is 12.5. The van der Waals surface area contributed by atoms with E-state index in [9.17, 15) is 49.1 Å². The van der Waals surface area contributed by atoms with Gasteiger partial charge in [0.2, 0.25) is 0 Å². The first kappa shape index (κ1) is 33.8. The largest absolute Gasteiger partial charge is 0.453 e. The van der Waals surface area contributed by atoms with E-state index < -0.39 is 84.7 Å². The number of methoxy groups -OCH3 is 2. The maximum atomic E-state index is 15.0. The summed E-state index contributed by atoms with van der Waals surface area (Å²) in [4.78, 5) is 27.3. The number of carbonyl (C=O) groups is 2. The van der Waals surface area contributed by atoms with Crippen LogP contribution in [0.5, 0.6) is 0 Å². The predicted molar refractivity (Wildman–Crippen MR) is 133 cm³/mol. The van der Waals surface area contributed by atoms with Crippen molar-refractivity contribution in [3.8, 4) is 0 Å². The van der Waals surface area contributed by atoms with Crippen LogP contribution >= 0.6 is 0 Å². The lowest BCUT2D eigenvalue weighted by Gasteiger charge is -2.49. The number of alkyl halides is 9. The Labute approximate surface area is 240 Å². The molecule has 0 N–H and O–H groups in total. The third-order valence-corrected chi connectivity index (χ3v) is 6.60. The average molecular weight is 631 g/mol. The number of hydrogen-bond donors (Lipinski definition) is 0. The van der Waals surface area contributed by atoms with E-state index in [1.54, 1.807) is 0 Å². The van der Waals surface area contributed by atoms with Gasteiger partial charge in [0.1, 0.15) is 5.92 Å². The first-order chi connectivity index (χ1) is 19.8. The number of ether oxygens (including phenoxy) is 3. The van der Waals surface area contributed by atoms with E-state index in [4.69, 9.17) is 9.47 Å². The highest BCUT2D eigenvalue weighted by Gasteiger charge is 2.59. The van der Waals surface area contributed by atoms with Gasteiger partial charge in [0.15, 0.2) is 0 Å². The van der Waals surface area contributed by atoms with Crippen molar-refractivity contribution >= 4 is 17.9 Å². The van der Waals surface area contributed by atoms with Crippen molar-refractivity contribution in [3.63, 3.8) is 0 Å². The maximum Gasteiger partial charge on any atom is 0.416 e. The van der Waals surface area contributed by atoms with Crippen LogP contribution in [0.4, 0.5) is 54.8 Å². The van der Waals surface area contributed by atoms with E-state index in [2.05, 4.69) is 4.74 Å². The summed E-state index contributed by atoms with van der Waals surface area (Å²) in [5.41, 5.74) is -4.64. The minimum atomic E-state index is -5.25. The minimum absolute atomic E-state index is 0.144. The number of benzene rings is 2. The number of carbonyl (C=O) groups excluding carboxylic acids is 2. The molecular formula is C27H27F9N2O5. The summed E-state index contributed by atoms with van der Waals surface area (Å²) < 4.78 is 141. The van der Waals surface area contributed by atoms with Crippen molar-refractivity contribution in [2.24, 2.45) is 5.92 Å². The van der Waals surface area contributed by atoms with Gasteiger partial charge in [-0.2, -0.15) is 39.5 Å². The summed E-state index contributed by atoms with van der Waals surface area (Å²) in [5, 5.41) is 0. The average Bonchev–Trinajstić information content (AvgIpc) is 2.88. The Morgan fingerprint density at radius 2 is 1.47 bits per heavy atom. The topological polar surface area (TPSA) is 68.3 Å².